The first-order chi connectivity index (χ1) is 9.43. The largest absolute Gasteiger partial charge is 0.458 e. The molecule has 0 heterocycles. The van der Waals surface area contributed by atoms with Crippen LogP contribution in [-0.4, -0.2) is 5.52 Å². The molecule has 0 N–H and O–H groups in total. The molecule has 0 spiro atoms. The number of hydrogen-bond donors (Lipinski definition) is 0. The molecular weight excluding hydrogens is 267 g/mol. The Bertz CT molecular complexity index is 688. The summed E-state index contributed by atoms with van der Waals surface area (Å²) in [6.07, 6.45) is 0. The maximum Gasteiger partial charge on any atom is 0.458 e. The zero-order valence-electron chi connectivity index (χ0n) is 12.2. The highest BCUT2D eigenvalue weighted by Crippen LogP contribution is 2.31. The Morgan fingerprint density at radius 2 is 1.50 bits per heavy atom. The fourth-order valence-electron chi connectivity index (χ4n) is 2.40. The van der Waals surface area contributed by atoms with Crippen molar-refractivity contribution in [3.8, 4) is 0 Å². The lowest BCUT2D eigenvalue weighted by atomic mass is 9.95. The first-order valence-electron chi connectivity index (χ1n) is 6.57. The van der Waals surface area contributed by atoms with E-state index >= 15 is 0 Å². The minimum Gasteiger partial charge on any atom is -0.234 e. The van der Waals surface area contributed by atoms with Crippen LogP contribution in [0.15, 0.2) is 36.4 Å². The molecule has 102 valence electrons. The number of hydrogen-bond acceptors (Lipinski definition) is 2. The summed E-state index contributed by atoms with van der Waals surface area (Å²) >= 11 is 0. The molecule has 3 heteroatoms. The van der Waals surface area contributed by atoms with Crippen molar-refractivity contribution in [3.05, 3.63) is 64.2 Å². The van der Waals surface area contributed by atoms with E-state index in [0.717, 1.165) is 22.3 Å². The monoisotopic (exact) mass is 285 g/mol. The van der Waals surface area contributed by atoms with E-state index in [2.05, 4.69) is 0 Å². The summed E-state index contributed by atoms with van der Waals surface area (Å²) < 4.78 is 12.4. The number of aryl methyl sites for hydroxylation is 2. The van der Waals surface area contributed by atoms with Crippen LogP contribution in [0.5, 0.6) is 0 Å². The highest BCUT2D eigenvalue weighted by atomic mass is 31.1. The van der Waals surface area contributed by atoms with Gasteiger partial charge in [0.2, 0.25) is 0 Å². The second-order valence-corrected chi connectivity index (χ2v) is 6.58. The minimum absolute atomic E-state index is 0.274. The maximum absolute atomic E-state index is 12.6. The molecule has 0 aliphatic heterocycles. The van der Waals surface area contributed by atoms with Gasteiger partial charge in [0.25, 0.3) is 0 Å². The second kappa shape index (κ2) is 5.68. The summed E-state index contributed by atoms with van der Waals surface area (Å²) in [5, 5.41) is 0.588. The third-order valence-corrected chi connectivity index (χ3v) is 5.11. The lowest BCUT2D eigenvalue weighted by Crippen LogP contribution is -2.08. The van der Waals surface area contributed by atoms with Gasteiger partial charge in [-0.25, -0.2) is 4.79 Å². The molecule has 0 amide bonds. The topological polar surface area (TPSA) is 34.1 Å². The molecule has 0 fully saturated rings. The molecule has 1 unspecified atom stereocenters. The fraction of sp³-hybridized carbons (Fsp3) is 0.235. The molecule has 0 bridgehead atoms. The van der Waals surface area contributed by atoms with Gasteiger partial charge in [-0.15, -0.1) is 0 Å². The molecule has 2 aromatic rings. The van der Waals surface area contributed by atoms with Gasteiger partial charge in [-0.1, -0.05) is 28.8 Å². The third kappa shape index (κ3) is 2.57. The summed E-state index contributed by atoms with van der Waals surface area (Å²) in [5.74, 6) is 0. The summed E-state index contributed by atoms with van der Waals surface area (Å²) in [5.41, 5.74) is 4.42. The standard InChI is InChI=1S/C17H18O2P/c1-11-10-12(2)16(14(4)13(11)3)17(18)20(19)15-8-6-5-7-9-15/h5-10H,1-4H3/q+1. The van der Waals surface area contributed by atoms with Crippen molar-refractivity contribution in [2.75, 3.05) is 0 Å². The molecule has 2 rings (SSSR count). The van der Waals surface area contributed by atoms with Crippen molar-refractivity contribution in [2.24, 2.45) is 0 Å². The Kier molecular flexibility index (Phi) is 4.15. The molecule has 0 saturated heterocycles. The van der Waals surface area contributed by atoms with Crippen LogP contribution in [0, 0.1) is 27.7 Å². The molecule has 2 aromatic carbocycles. The number of carbonyl (C=O) groups is 1. The number of benzene rings is 2. The van der Waals surface area contributed by atoms with Crippen molar-refractivity contribution in [3.63, 3.8) is 0 Å². The predicted octanol–water partition coefficient (Wildman–Crippen LogP) is 4.21. The molecule has 0 radical (unpaired) electrons. The zero-order chi connectivity index (χ0) is 14.9. The second-order valence-electron chi connectivity index (χ2n) is 5.07. The number of rotatable bonds is 3. The van der Waals surface area contributed by atoms with Crippen LogP contribution in [-0.2, 0) is 4.57 Å². The van der Waals surface area contributed by atoms with E-state index in [1.165, 1.54) is 0 Å². The molecule has 0 saturated carbocycles. The van der Waals surface area contributed by atoms with E-state index in [1.807, 2.05) is 39.8 Å². The first-order valence-corrected chi connectivity index (χ1v) is 7.83. The van der Waals surface area contributed by atoms with Gasteiger partial charge in [-0.3, -0.25) is 0 Å². The molecular formula is C17H18O2P+. The van der Waals surface area contributed by atoms with Crippen LogP contribution >= 0.6 is 7.80 Å². The van der Waals surface area contributed by atoms with Gasteiger partial charge in [0.15, 0.2) is 5.30 Å². The zero-order valence-corrected chi connectivity index (χ0v) is 13.1. The van der Waals surface area contributed by atoms with Gasteiger partial charge >= 0.3 is 13.3 Å². The third-order valence-electron chi connectivity index (χ3n) is 3.75. The van der Waals surface area contributed by atoms with Crippen LogP contribution in [0.4, 0.5) is 0 Å². The normalized spacial score (nSPS) is 11.3. The van der Waals surface area contributed by atoms with Crippen LogP contribution in [0.3, 0.4) is 0 Å². The predicted molar refractivity (Wildman–Crippen MR) is 83.4 cm³/mol. The first kappa shape index (κ1) is 14.6. The fourth-order valence-corrected chi connectivity index (χ4v) is 3.62. The Hall–Kier alpha value is -1.79. The van der Waals surface area contributed by atoms with Gasteiger partial charge in [0.05, 0.1) is 5.56 Å². The maximum atomic E-state index is 12.6. The average Bonchev–Trinajstić information content (AvgIpc) is 2.45. The van der Waals surface area contributed by atoms with E-state index in [9.17, 15) is 9.36 Å². The van der Waals surface area contributed by atoms with E-state index in [0.29, 0.717) is 10.9 Å². The van der Waals surface area contributed by atoms with Crippen molar-refractivity contribution < 1.29 is 9.36 Å². The molecule has 0 aromatic heterocycles. The molecule has 1 atom stereocenters. The molecule has 20 heavy (non-hydrogen) atoms. The Balaban J connectivity index is 2.50. The summed E-state index contributed by atoms with van der Waals surface area (Å²) in [6, 6.07) is 10.9. The lowest BCUT2D eigenvalue weighted by molar-refractivity contribution is 0.107. The summed E-state index contributed by atoms with van der Waals surface area (Å²) in [6.45, 7) is 7.86. The summed E-state index contributed by atoms with van der Waals surface area (Å²) in [7, 11) is -2.06. The van der Waals surface area contributed by atoms with E-state index in [1.54, 1.807) is 24.3 Å². The van der Waals surface area contributed by atoms with Crippen molar-refractivity contribution in [1.82, 2.24) is 0 Å². The van der Waals surface area contributed by atoms with Gasteiger partial charge in [0, 0.05) is 0 Å². The summed E-state index contributed by atoms with van der Waals surface area (Å²) in [4.78, 5) is 12.6. The highest BCUT2D eigenvalue weighted by Gasteiger charge is 2.35. The Labute approximate surface area is 120 Å². The van der Waals surface area contributed by atoms with E-state index in [-0.39, 0.29) is 5.52 Å². The van der Waals surface area contributed by atoms with Gasteiger partial charge in [0.1, 0.15) is 0 Å². The number of carbonyl (C=O) groups excluding carboxylic acids is 1. The van der Waals surface area contributed by atoms with Crippen LogP contribution in [0.2, 0.25) is 0 Å². The highest BCUT2D eigenvalue weighted by molar-refractivity contribution is 7.71. The molecule has 0 aliphatic rings. The Morgan fingerprint density at radius 3 is 2.10 bits per heavy atom. The quantitative estimate of drug-likeness (QED) is 0.791. The van der Waals surface area contributed by atoms with E-state index in [4.69, 9.17) is 0 Å². The minimum atomic E-state index is -2.06. The average molecular weight is 285 g/mol. The van der Waals surface area contributed by atoms with E-state index < -0.39 is 7.80 Å². The van der Waals surface area contributed by atoms with Crippen molar-refractivity contribution in [2.45, 2.75) is 27.7 Å². The van der Waals surface area contributed by atoms with Crippen LogP contribution in [0.1, 0.15) is 32.6 Å². The van der Waals surface area contributed by atoms with Crippen molar-refractivity contribution in [1.29, 1.82) is 0 Å². The SMILES string of the molecule is Cc1cc(C)c(C(=O)[P+](=O)c2ccccc2)c(C)c1C. The van der Waals surface area contributed by atoms with Crippen LogP contribution in [0.25, 0.3) is 0 Å². The van der Waals surface area contributed by atoms with Gasteiger partial charge in [-0.2, -0.15) is 0 Å². The Morgan fingerprint density at radius 1 is 0.900 bits per heavy atom. The van der Waals surface area contributed by atoms with Gasteiger partial charge in [-0.05, 0) is 62.1 Å². The molecule has 0 aliphatic carbocycles. The van der Waals surface area contributed by atoms with Crippen LogP contribution < -0.4 is 5.30 Å². The van der Waals surface area contributed by atoms with Gasteiger partial charge < -0.3 is 0 Å². The molecule has 2 nitrogen and oxygen atoms in total. The smallest absolute Gasteiger partial charge is 0.234 e. The lowest BCUT2D eigenvalue weighted by Gasteiger charge is -2.10. The van der Waals surface area contributed by atoms with Crippen molar-refractivity contribution >= 4 is 18.6 Å².